The number of carbonyl (C=O) groups excluding carboxylic acids is 1. The van der Waals surface area contributed by atoms with Crippen LogP contribution in [0.3, 0.4) is 0 Å². The average Bonchev–Trinajstić information content (AvgIpc) is 3.13. The van der Waals surface area contributed by atoms with Crippen LogP contribution in [0.15, 0.2) is 29.6 Å². The molecule has 0 saturated carbocycles. The third kappa shape index (κ3) is 4.41. The van der Waals surface area contributed by atoms with Gasteiger partial charge in [-0.1, -0.05) is 0 Å². The van der Waals surface area contributed by atoms with Crippen molar-refractivity contribution in [2.24, 2.45) is 0 Å². The van der Waals surface area contributed by atoms with Crippen molar-refractivity contribution in [2.75, 3.05) is 33.8 Å². The van der Waals surface area contributed by atoms with Crippen LogP contribution in [0.5, 0.6) is 5.75 Å². The predicted octanol–water partition coefficient (Wildman–Crippen LogP) is 1.93. The zero-order valence-corrected chi connectivity index (χ0v) is 16.0. The second-order valence-electron chi connectivity index (χ2n) is 6.70. The van der Waals surface area contributed by atoms with Gasteiger partial charge < -0.3 is 20.1 Å². The number of ether oxygens (including phenoxy) is 1. The van der Waals surface area contributed by atoms with Crippen LogP contribution in [0.25, 0.3) is 11.3 Å². The standard InChI is InChI=1S/C19H25N3O3S/c1-22-11-8-19(24,9-12-22)18(23)20-10-7-17-21-16(13-26-17)14-3-5-15(25-2)6-4-14/h3-6,13,24H,7-12H2,1-2H3,(H,20,23). The van der Waals surface area contributed by atoms with E-state index in [9.17, 15) is 9.90 Å². The van der Waals surface area contributed by atoms with E-state index in [4.69, 9.17) is 4.74 Å². The normalized spacial score (nSPS) is 17.0. The summed E-state index contributed by atoms with van der Waals surface area (Å²) in [5.41, 5.74) is 0.731. The van der Waals surface area contributed by atoms with Crippen molar-refractivity contribution in [1.29, 1.82) is 0 Å². The number of hydrogen-bond donors (Lipinski definition) is 2. The number of nitrogens with one attached hydrogen (secondary N) is 1. The smallest absolute Gasteiger partial charge is 0.252 e. The highest BCUT2D eigenvalue weighted by molar-refractivity contribution is 7.09. The van der Waals surface area contributed by atoms with Crippen LogP contribution in [0.1, 0.15) is 17.8 Å². The maximum absolute atomic E-state index is 12.3. The first kappa shape index (κ1) is 18.8. The van der Waals surface area contributed by atoms with Gasteiger partial charge in [0.05, 0.1) is 17.8 Å². The number of rotatable bonds is 6. The molecule has 7 heteroatoms. The van der Waals surface area contributed by atoms with E-state index in [-0.39, 0.29) is 5.91 Å². The molecule has 0 bridgehead atoms. The predicted molar refractivity (Wildman–Crippen MR) is 102 cm³/mol. The lowest BCUT2D eigenvalue weighted by Gasteiger charge is -2.35. The fourth-order valence-electron chi connectivity index (χ4n) is 2.98. The van der Waals surface area contributed by atoms with Gasteiger partial charge in [-0.05, 0) is 44.2 Å². The molecule has 1 amide bonds. The maximum Gasteiger partial charge on any atom is 0.252 e. The monoisotopic (exact) mass is 375 g/mol. The lowest BCUT2D eigenvalue weighted by molar-refractivity contribution is -0.144. The molecule has 1 aromatic carbocycles. The van der Waals surface area contributed by atoms with Crippen LogP contribution in [0.4, 0.5) is 0 Å². The first-order valence-electron chi connectivity index (χ1n) is 8.78. The Hall–Kier alpha value is -1.96. The molecule has 2 aromatic rings. The van der Waals surface area contributed by atoms with Crippen molar-refractivity contribution in [3.05, 3.63) is 34.7 Å². The number of benzene rings is 1. The summed E-state index contributed by atoms with van der Waals surface area (Å²) in [6.07, 6.45) is 1.62. The molecule has 1 aliphatic heterocycles. The molecule has 6 nitrogen and oxygen atoms in total. The van der Waals surface area contributed by atoms with Gasteiger partial charge in [-0.15, -0.1) is 11.3 Å². The van der Waals surface area contributed by atoms with E-state index < -0.39 is 5.60 Å². The minimum atomic E-state index is -1.23. The van der Waals surface area contributed by atoms with Gasteiger partial charge in [0, 0.05) is 37.0 Å². The average molecular weight is 375 g/mol. The van der Waals surface area contributed by atoms with Crippen LogP contribution in [0, 0.1) is 0 Å². The van der Waals surface area contributed by atoms with Gasteiger partial charge >= 0.3 is 0 Å². The summed E-state index contributed by atoms with van der Waals surface area (Å²) in [7, 11) is 3.65. The van der Waals surface area contributed by atoms with Crippen molar-refractivity contribution in [3.8, 4) is 17.0 Å². The third-order valence-corrected chi connectivity index (χ3v) is 5.71. The summed E-state index contributed by atoms with van der Waals surface area (Å²) in [4.78, 5) is 19.0. The molecular formula is C19H25N3O3S. The number of nitrogens with zero attached hydrogens (tertiary/aromatic N) is 2. The number of carbonyl (C=O) groups is 1. The van der Waals surface area contributed by atoms with Crippen molar-refractivity contribution < 1.29 is 14.6 Å². The molecule has 26 heavy (non-hydrogen) atoms. The van der Waals surface area contributed by atoms with E-state index in [1.165, 1.54) is 0 Å². The fourth-order valence-corrected chi connectivity index (χ4v) is 3.79. The van der Waals surface area contributed by atoms with Gasteiger partial charge in [0.1, 0.15) is 11.4 Å². The van der Waals surface area contributed by atoms with Crippen LogP contribution < -0.4 is 10.1 Å². The van der Waals surface area contributed by atoms with Crippen molar-refractivity contribution >= 4 is 17.2 Å². The van der Waals surface area contributed by atoms with Crippen molar-refractivity contribution in [2.45, 2.75) is 24.9 Å². The summed E-state index contributed by atoms with van der Waals surface area (Å²) >= 11 is 1.58. The number of likely N-dealkylation sites (tertiary alicyclic amines) is 1. The molecule has 1 fully saturated rings. The topological polar surface area (TPSA) is 74.7 Å². The zero-order chi connectivity index (χ0) is 18.6. The Kier molecular flexibility index (Phi) is 5.90. The second kappa shape index (κ2) is 8.16. The van der Waals surface area contributed by atoms with Gasteiger partial charge in [-0.3, -0.25) is 4.79 Å². The molecule has 1 aromatic heterocycles. The molecular weight excluding hydrogens is 350 g/mol. The molecule has 3 rings (SSSR count). The number of methoxy groups -OCH3 is 1. The van der Waals surface area contributed by atoms with E-state index in [0.29, 0.717) is 25.8 Å². The summed E-state index contributed by atoms with van der Waals surface area (Å²) in [5.74, 6) is 0.552. The van der Waals surface area contributed by atoms with E-state index in [1.54, 1.807) is 18.4 Å². The van der Waals surface area contributed by atoms with Crippen LogP contribution >= 0.6 is 11.3 Å². The molecule has 2 heterocycles. The molecule has 1 saturated heterocycles. The van der Waals surface area contributed by atoms with Crippen LogP contribution in [-0.4, -0.2) is 60.3 Å². The molecule has 0 unspecified atom stereocenters. The largest absolute Gasteiger partial charge is 0.497 e. The number of aliphatic hydroxyl groups is 1. The third-order valence-electron chi connectivity index (χ3n) is 4.80. The Morgan fingerprint density at radius 2 is 2.04 bits per heavy atom. The Bertz CT molecular complexity index is 737. The van der Waals surface area contributed by atoms with E-state index >= 15 is 0 Å². The Balaban J connectivity index is 1.51. The highest BCUT2D eigenvalue weighted by Gasteiger charge is 2.38. The number of aromatic nitrogens is 1. The molecule has 0 spiro atoms. The summed E-state index contributed by atoms with van der Waals surface area (Å²) < 4.78 is 5.17. The summed E-state index contributed by atoms with van der Waals surface area (Å²) in [5, 5.41) is 16.3. The van der Waals surface area contributed by atoms with Crippen LogP contribution in [-0.2, 0) is 11.2 Å². The quantitative estimate of drug-likeness (QED) is 0.807. The van der Waals surface area contributed by atoms with Crippen LogP contribution in [0.2, 0.25) is 0 Å². The lowest BCUT2D eigenvalue weighted by Crippen LogP contribution is -2.53. The van der Waals surface area contributed by atoms with Gasteiger partial charge in [-0.25, -0.2) is 4.98 Å². The molecule has 2 N–H and O–H groups in total. The Labute approximate surface area is 157 Å². The molecule has 0 atom stereocenters. The minimum absolute atomic E-state index is 0.266. The molecule has 0 radical (unpaired) electrons. The van der Waals surface area contributed by atoms with Gasteiger partial charge in [0.2, 0.25) is 0 Å². The van der Waals surface area contributed by atoms with Crippen molar-refractivity contribution in [3.63, 3.8) is 0 Å². The van der Waals surface area contributed by atoms with Crippen molar-refractivity contribution in [1.82, 2.24) is 15.2 Å². The maximum atomic E-state index is 12.3. The van der Waals surface area contributed by atoms with E-state index in [1.807, 2.05) is 36.7 Å². The molecule has 0 aliphatic carbocycles. The summed E-state index contributed by atoms with van der Waals surface area (Å²) in [6.45, 7) is 1.95. The van der Waals surface area contributed by atoms with Gasteiger partial charge in [0.15, 0.2) is 0 Å². The van der Waals surface area contributed by atoms with E-state index in [0.717, 1.165) is 35.1 Å². The van der Waals surface area contributed by atoms with Gasteiger partial charge in [-0.2, -0.15) is 0 Å². The fraction of sp³-hybridized carbons (Fsp3) is 0.474. The molecule has 1 aliphatic rings. The Morgan fingerprint density at radius 3 is 2.69 bits per heavy atom. The summed E-state index contributed by atoms with van der Waals surface area (Å²) in [6, 6.07) is 7.79. The lowest BCUT2D eigenvalue weighted by atomic mass is 9.91. The van der Waals surface area contributed by atoms with E-state index in [2.05, 4.69) is 15.2 Å². The number of hydrogen-bond acceptors (Lipinski definition) is 6. The number of amides is 1. The first-order chi connectivity index (χ1) is 12.5. The minimum Gasteiger partial charge on any atom is -0.497 e. The SMILES string of the molecule is COc1ccc(-c2csc(CCNC(=O)C3(O)CCN(C)CC3)n2)cc1. The second-order valence-corrected chi connectivity index (χ2v) is 7.64. The highest BCUT2D eigenvalue weighted by atomic mass is 32.1. The molecule has 140 valence electrons. The first-order valence-corrected chi connectivity index (χ1v) is 9.66. The zero-order valence-electron chi connectivity index (χ0n) is 15.2. The van der Waals surface area contributed by atoms with Gasteiger partial charge in [0.25, 0.3) is 5.91 Å². The Morgan fingerprint density at radius 1 is 1.35 bits per heavy atom. The number of piperidine rings is 1. The highest BCUT2D eigenvalue weighted by Crippen LogP contribution is 2.24. The number of thiazole rings is 1.